The van der Waals surface area contributed by atoms with Crippen LogP contribution in [0.25, 0.3) is 0 Å². The van der Waals surface area contributed by atoms with Crippen molar-refractivity contribution in [3.05, 3.63) is 22.0 Å². The molecule has 0 bridgehead atoms. The van der Waals surface area contributed by atoms with Gasteiger partial charge in [0.15, 0.2) is 5.15 Å². The molecular weight excluding hydrogens is 348 g/mol. The van der Waals surface area contributed by atoms with Crippen LogP contribution in [0.4, 0.5) is 0 Å². The molecule has 2 aliphatic rings. The van der Waals surface area contributed by atoms with Crippen molar-refractivity contribution in [2.75, 3.05) is 6.26 Å². The van der Waals surface area contributed by atoms with E-state index in [0.717, 1.165) is 36.0 Å². The number of rotatable bonds is 6. The van der Waals surface area contributed by atoms with Crippen molar-refractivity contribution in [3.8, 4) is 0 Å². The van der Waals surface area contributed by atoms with Crippen molar-refractivity contribution < 1.29 is 14.7 Å². The maximum Gasteiger partial charge on any atom is 0.155 e. The lowest BCUT2D eigenvalue weighted by atomic mass is 9.73. The molecule has 1 aromatic rings. The quantitative estimate of drug-likeness (QED) is 0.611. The third-order valence-corrected chi connectivity index (χ3v) is 6.27. The Kier molecular flexibility index (Phi) is 4.80. The fourth-order valence-corrected chi connectivity index (χ4v) is 5.11. The fraction of sp³-hybridized carbons (Fsp3) is 0.588. The molecule has 130 valence electrons. The molecule has 1 saturated carbocycles. The number of aryl methyl sites for hydroxylation is 1. The average molecular weight is 369 g/mol. The van der Waals surface area contributed by atoms with Gasteiger partial charge in [-0.2, -0.15) is 5.10 Å². The zero-order valence-electron chi connectivity index (χ0n) is 13.8. The molecule has 1 N–H and O–H groups in total. The molecule has 2 unspecified atom stereocenters. The van der Waals surface area contributed by atoms with E-state index in [1.165, 1.54) is 0 Å². The van der Waals surface area contributed by atoms with Gasteiger partial charge in [-0.15, -0.1) is 11.8 Å². The molecule has 7 heteroatoms. The first kappa shape index (κ1) is 17.5. The SMILES string of the molecule is CCn1nc(Cl)c(C2CC(O)=C(C3(C=O)CC3)C(C=O)C2)c1SC. The highest BCUT2D eigenvalue weighted by atomic mass is 35.5. The van der Waals surface area contributed by atoms with E-state index in [-0.39, 0.29) is 11.7 Å². The van der Waals surface area contributed by atoms with Gasteiger partial charge in [-0.25, -0.2) is 0 Å². The van der Waals surface area contributed by atoms with Crippen molar-refractivity contribution in [1.82, 2.24) is 9.78 Å². The third-order valence-electron chi connectivity index (χ3n) is 5.17. The second-order valence-electron chi connectivity index (χ2n) is 6.54. The minimum Gasteiger partial charge on any atom is -0.512 e. The highest BCUT2D eigenvalue weighted by Crippen LogP contribution is 2.57. The van der Waals surface area contributed by atoms with Gasteiger partial charge in [0.05, 0.1) is 16.2 Å². The van der Waals surface area contributed by atoms with Crippen LogP contribution in [0.15, 0.2) is 16.4 Å². The van der Waals surface area contributed by atoms with Crippen molar-refractivity contribution >= 4 is 35.9 Å². The number of aromatic nitrogens is 2. The van der Waals surface area contributed by atoms with E-state index in [2.05, 4.69) is 5.10 Å². The Morgan fingerprint density at radius 1 is 1.46 bits per heavy atom. The maximum atomic E-state index is 11.7. The van der Waals surface area contributed by atoms with Crippen LogP contribution in [-0.4, -0.2) is 33.7 Å². The summed E-state index contributed by atoms with van der Waals surface area (Å²) < 4.78 is 1.85. The highest BCUT2D eigenvalue weighted by molar-refractivity contribution is 7.98. The first-order valence-electron chi connectivity index (χ1n) is 8.15. The molecule has 1 fully saturated rings. The van der Waals surface area contributed by atoms with Gasteiger partial charge in [-0.05, 0) is 43.9 Å². The Morgan fingerprint density at radius 2 is 2.17 bits per heavy atom. The number of thioether (sulfide) groups is 1. The van der Waals surface area contributed by atoms with Crippen molar-refractivity contribution in [3.63, 3.8) is 0 Å². The molecule has 0 spiro atoms. The zero-order valence-corrected chi connectivity index (χ0v) is 15.4. The Bertz CT molecular complexity index is 709. The minimum atomic E-state index is -0.611. The normalized spacial score (nSPS) is 25.6. The smallest absolute Gasteiger partial charge is 0.155 e. The Balaban J connectivity index is 2.01. The molecule has 0 aromatic carbocycles. The topological polar surface area (TPSA) is 72.2 Å². The van der Waals surface area contributed by atoms with Crippen LogP contribution in [0.3, 0.4) is 0 Å². The Labute approximate surface area is 150 Å². The second kappa shape index (κ2) is 6.56. The zero-order chi connectivity index (χ0) is 17.5. The summed E-state index contributed by atoms with van der Waals surface area (Å²) in [6.45, 7) is 2.71. The lowest BCUT2D eigenvalue weighted by Crippen LogP contribution is -2.26. The Morgan fingerprint density at radius 3 is 2.67 bits per heavy atom. The summed E-state index contributed by atoms with van der Waals surface area (Å²) in [5.41, 5.74) is 0.924. The summed E-state index contributed by atoms with van der Waals surface area (Å²) in [5.74, 6) is -0.325. The van der Waals surface area contributed by atoms with E-state index in [1.54, 1.807) is 11.8 Å². The number of aldehydes is 2. The standard InChI is InChI=1S/C17H21ClN2O3S/c1-3-20-16(24-2)13(15(18)19-20)10-6-11(8-21)14(12(23)7-10)17(9-22)4-5-17/h8-11,23H,3-7H2,1-2H3. The summed E-state index contributed by atoms with van der Waals surface area (Å²) in [6.07, 6.45) is 6.11. The molecule has 0 radical (unpaired) electrons. The molecule has 3 rings (SSSR count). The maximum absolute atomic E-state index is 11.7. The molecule has 24 heavy (non-hydrogen) atoms. The molecule has 2 atom stereocenters. The molecule has 2 aliphatic carbocycles. The van der Waals surface area contributed by atoms with Gasteiger partial charge >= 0.3 is 0 Å². The predicted octanol–water partition coefficient (Wildman–Crippen LogP) is 3.76. The van der Waals surface area contributed by atoms with Crippen molar-refractivity contribution in [2.45, 2.75) is 50.1 Å². The third kappa shape index (κ3) is 2.69. The number of nitrogens with zero attached hydrogens (tertiary/aromatic N) is 2. The molecule has 0 aliphatic heterocycles. The van der Waals surface area contributed by atoms with E-state index < -0.39 is 11.3 Å². The van der Waals surface area contributed by atoms with Crippen molar-refractivity contribution in [1.29, 1.82) is 0 Å². The average Bonchev–Trinajstić information content (AvgIpc) is 3.30. The number of aliphatic hydroxyl groups excluding tert-OH is 1. The molecule has 1 aromatic heterocycles. The van der Waals surface area contributed by atoms with E-state index in [0.29, 0.717) is 30.1 Å². The number of carbonyl (C=O) groups excluding carboxylic acids is 2. The lowest BCUT2D eigenvalue weighted by molar-refractivity contribution is -0.112. The number of halogens is 1. The number of allylic oxidation sites excluding steroid dienone is 2. The van der Waals surface area contributed by atoms with E-state index in [4.69, 9.17) is 11.6 Å². The first-order chi connectivity index (χ1) is 11.5. The lowest BCUT2D eigenvalue weighted by Gasteiger charge is -2.31. The fourth-order valence-electron chi connectivity index (χ4n) is 3.86. The molecular formula is C17H21ClN2O3S. The highest BCUT2D eigenvalue weighted by Gasteiger charge is 2.52. The number of carbonyl (C=O) groups is 2. The van der Waals surface area contributed by atoms with Gasteiger partial charge in [0, 0.05) is 24.4 Å². The van der Waals surface area contributed by atoms with Gasteiger partial charge in [-0.3, -0.25) is 4.68 Å². The van der Waals surface area contributed by atoms with Crippen LogP contribution >= 0.6 is 23.4 Å². The van der Waals surface area contributed by atoms with Gasteiger partial charge in [0.25, 0.3) is 0 Å². The van der Waals surface area contributed by atoms with Crippen LogP contribution in [0.2, 0.25) is 5.15 Å². The number of hydrogen-bond donors (Lipinski definition) is 1. The van der Waals surface area contributed by atoms with Gasteiger partial charge in [0.2, 0.25) is 0 Å². The van der Waals surface area contributed by atoms with E-state index in [1.807, 2.05) is 17.9 Å². The molecule has 1 heterocycles. The van der Waals surface area contributed by atoms with Gasteiger partial charge in [-0.1, -0.05) is 11.6 Å². The predicted molar refractivity (Wildman–Crippen MR) is 93.6 cm³/mol. The number of hydrogen-bond acceptors (Lipinski definition) is 5. The summed E-state index contributed by atoms with van der Waals surface area (Å²) in [5, 5.41) is 16.4. The monoisotopic (exact) mass is 368 g/mol. The molecule has 0 saturated heterocycles. The molecule has 5 nitrogen and oxygen atoms in total. The minimum absolute atomic E-state index is 0.0679. The summed E-state index contributed by atoms with van der Waals surface area (Å²) in [7, 11) is 0. The van der Waals surface area contributed by atoms with Crippen molar-refractivity contribution in [2.24, 2.45) is 11.3 Å². The molecule has 0 amide bonds. The number of aliphatic hydroxyl groups is 1. The summed E-state index contributed by atoms with van der Waals surface area (Å²) in [4.78, 5) is 23.1. The van der Waals surface area contributed by atoms with Crippen LogP contribution in [0, 0.1) is 11.3 Å². The van der Waals surface area contributed by atoms with E-state index in [9.17, 15) is 14.7 Å². The van der Waals surface area contributed by atoms with Crippen LogP contribution in [0.1, 0.15) is 44.1 Å². The van der Waals surface area contributed by atoms with E-state index >= 15 is 0 Å². The first-order valence-corrected chi connectivity index (χ1v) is 9.75. The van der Waals surface area contributed by atoms with Crippen LogP contribution < -0.4 is 0 Å². The largest absolute Gasteiger partial charge is 0.512 e. The summed E-state index contributed by atoms with van der Waals surface area (Å²) in [6, 6.07) is 0. The van der Waals surface area contributed by atoms with Crippen LogP contribution in [-0.2, 0) is 16.1 Å². The second-order valence-corrected chi connectivity index (χ2v) is 7.70. The summed E-state index contributed by atoms with van der Waals surface area (Å²) >= 11 is 7.93. The van der Waals surface area contributed by atoms with Crippen LogP contribution in [0.5, 0.6) is 0 Å². The van der Waals surface area contributed by atoms with Gasteiger partial charge < -0.3 is 14.7 Å². The van der Waals surface area contributed by atoms with Gasteiger partial charge in [0.1, 0.15) is 12.6 Å². The Hall–Kier alpha value is -1.27.